The summed E-state index contributed by atoms with van der Waals surface area (Å²) in [6.07, 6.45) is 4.42. The standard InChI is InChI=1S/C25H29NO2S.ClHO4/c1-3-5-15-27-22-11-7-19(8-12-22)21-17-24(29-25(26)18-21)20-9-13-23(14-10-20)28-16-6-4-2;2-1(3,4)5/h7-14,17-18,26H,3-6,15-16H2,1-2H3;(H,2,3,4,5). The Kier molecular flexibility index (Phi) is 11.5. The van der Waals surface area contributed by atoms with Gasteiger partial charge in [0.1, 0.15) is 11.5 Å². The van der Waals surface area contributed by atoms with Crippen LogP contribution in [0.5, 0.6) is 11.5 Å². The van der Waals surface area contributed by atoms with Crippen LogP contribution in [0.15, 0.2) is 60.7 Å². The fourth-order valence-electron chi connectivity index (χ4n) is 2.96. The van der Waals surface area contributed by atoms with Crippen LogP contribution in [0.25, 0.3) is 21.6 Å². The SMILES string of the molecule is CCCCOc1ccc(-c2cc(-c3ccc(OCCCC)cc3)sc(=[NH2+])c2)cc1.[O-][Cl+3]([O-])([O-])[O-]. The van der Waals surface area contributed by atoms with Crippen molar-refractivity contribution < 1.29 is 43.8 Å². The van der Waals surface area contributed by atoms with E-state index in [9.17, 15) is 0 Å². The van der Waals surface area contributed by atoms with Gasteiger partial charge in [-0.3, -0.25) is 0 Å². The van der Waals surface area contributed by atoms with Gasteiger partial charge in [0, 0.05) is 10.9 Å². The van der Waals surface area contributed by atoms with Gasteiger partial charge in [-0.25, -0.2) is 24.0 Å². The predicted molar refractivity (Wildman–Crippen MR) is 121 cm³/mol. The van der Waals surface area contributed by atoms with E-state index in [4.69, 9.17) is 33.5 Å². The lowest BCUT2D eigenvalue weighted by atomic mass is 10.1. The normalized spacial score (nSPS) is 10.9. The molecule has 0 aliphatic carbocycles. The average Bonchev–Trinajstić information content (AvgIpc) is 2.79. The molecule has 0 fully saturated rings. The second-order valence-electron chi connectivity index (χ2n) is 7.44. The van der Waals surface area contributed by atoms with Crippen LogP contribution in [0.3, 0.4) is 0 Å². The number of ether oxygens (including phenoxy) is 2. The lowest BCUT2D eigenvalue weighted by Gasteiger charge is -2.17. The minimum atomic E-state index is -4.94. The van der Waals surface area contributed by atoms with Crippen LogP contribution in [0.4, 0.5) is 0 Å². The van der Waals surface area contributed by atoms with Gasteiger partial charge in [0.05, 0.1) is 13.2 Å². The van der Waals surface area contributed by atoms with Gasteiger partial charge >= 0.3 is 0 Å². The molecule has 0 bridgehead atoms. The van der Waals surface area contributed by atoms with Crippen LogP contribution in [-0.2, 0) is 0 Å². The van der Waals surface area contributed by atoms with Crippen molar-refractivity contribution in [1.29, 1.82) is 0 Å². The van der Waals surface area contributed by atoms with Crippen molar-refractivity contribution in [2.24, 2.45) is 0 Å². The molecule has 2 aromatic carbocycles. The van der Waals surface area contributed by atoms with Crippen molar-refractivity contribution in [3.05, 3.63) is 65.3 Å². The Morgan fingerprint density at radius 2 is 1.15 bits per heavy atom. The molecule has 0 spiro atoms. The smallest absolute Gasteiger partial charge is 0.254 e. The lowest BCUT2D eigenvalue weighted by molar-refractivity contribution is -2.00. The Labute approximate surface area is 206 Å². The first-order chi connectivity index (χ1) is 16.2. The highest BCUT2D eigenvalue weighted by molar-refractivity contribution is 7.12. The molecule has 7 nitrogen and oxygen atoms in total. The van der Waals surface area contributed by atoms with E-state index in [1.807, 2.05) is 30.3 Å². The molecule has 0 aliphatic rings. The predicted octanol–water partition coefficient (Wildman–Crippen LogP) is 0.344. The van der Waals surface area contributed by atoms with Crippen LogP contribution in [0.2, 0.25) is 0 Å². The minimum Gasteiger partial charge on any atom is -0.494 e. The molecule has 1 heterocycles. The molecular weight excluding hydrogens is 478 g/mol. The Morgan fingerprint density at radius 3 is 1.59 bits per heavy atom. The lowest BCUT2D eigenvalue weighted by Crippen LogP contribution is -2.68. The highest BCUT2D eigenvalue weighted by Crippen LogP contribution is 2.29. The van der Waals surface area contributed by atoms with E-state index < -0.39 is 10.2 Å². The molecule has 0 radical (unpaired) electrons. The van der Waals surface area contributed by atoms with E-state index in [0.717, 1.165) is 76.6 Å². The van der Waals surface area contributed by atoms with E-state index in [2.05, 4.69) is 44.2 Å². The monoisotopic (exact) mass is 507 g/mol. The fourth-order valence-corrected chi connectivity index (χ4v) is 3.84. The molecule has 0 unspecified atom stereocenters. The zero-order valence-electron chi connectivity index (χ0n) is 19.3. The third-order valence-electron chi connectivity index (χ3n) is 4.67. The molecule has 0 saturated carbocycles. The summed E-state index contributed by atoms with van der Waals surface area (Å²) in [4.78, 5) is 1.14. The molecule has 34 heavy (non-hydrogen) atoms. The number of nitrogens with two attached hydrogens (primary N) is 1. The third-order valence-corrected chi connectivity index (χ3v) is 5.60. The molecular formula is C25H30ClNO6S. The quantitative estimate of drug-likeness (QED) is 0.393. The van der Waals surface area contributed by atoms with Crippen molar-refractivity contribution >= 4 is 11.3 Å². The maximum Gasteiger partial charge on any atom is 0.254 e. The summed E-state index contributed by atoms with van der Waals surface area (Å²) in [6, 6.07) is 20.7. The van der Waals surface area contributed by atoms with Crippen molar-refractivity contribution in [3.63, 3.8) is 0 Å². The van der Waals surface area contributed by atoms with Crippen LogP contribution >= 0.6 is 11.3 Å². The molecule has 3 aromatic rings. The molecule has 0 amide bonds. The number of benzene rings is 2. The number of hydrogen-bond acceptors (Lipinski definition) is 7. The first-order valence-corrected chi connectivity index (χ1v) is 13.1. The summed E-state index contributed by atoms with van der Waals surface area (Å²) < 4.78 is 46.3. The Bertz CT molecular complexity index is 968. The zero-order valence-corrected chi connectivity index (χ0v) is 20.9. The molecule has 3 rings (SSSR count). The van der Waals surface area contributed by atoms with Gasteiger partial charge in [0.25, 0.3) is 4.67 Å². The van der Waals surface area contributed by atoms with Gasteiger partial charge in [0.2, 0.25) is 0 Å². The number of hydrogen-bond donors (Lipinski definition) is 1. The maximum atomic E-state index is 8.49. The van der Waals surface area contributed by atoms with Gasteiger partial charge in [-0.2, -0.15) is 0 Å². The van der Waals surface area contributed by atoms with Crippen LogP contribution in [0.1, 0.15) is 39.5 Å². The van der Waals surface area contributed by atoms with E-state index >= 15 is 0 Å². The number of unbranched alkanes of at least 4 members (excludes halogenated alkanes) is 2. The first kappa shape index (κ1) is 27.8. The van der Waals surface area contributed by atoms with Crippen molar-refractivity contribution in [3.8, 4) is 33.1 Å². The number of rotatable bonds is 10. The Hall–Kier alpha value is -2.46. The van der Waals surface area contributed by atoms with Gasteiger partial charge in [0.15, 0.2) is 0 Å². The summed E-state index contributed by atoms with van der Waals surface area (Å²) >= 11 is 1.60. The van der Waals surface area contributed by atoms with E-state index in [1.54, 1.807) is 11.3 Å². The summed E-state index contributed by atoms with van der Waals surface area (Å²) in [5.41, 5.74) is 3.39. The molecule has 1 aromatic heterocycles. The molecule has 0 aliphatic heterocycles. The highest BCUT2D eigenvalue weighted by atomic mass is 35.7. The minimum absolute atomic E-state index is 0.762. The van der Waals surface area contributed by atoms with Crippen molar-refractivity contribution in [2.75, 3.05) is 13.2 Å². The van der Waals surface area contributed by atoms with E-state index in [-0.39, 0.29) is 0 Å². The van der Waals surface area contributed by atoms with Crippen LogP contribution in [-0.4, -0.2) is 13.2 Å². The Morgan fingerprint density at radius 1 is 0.706 bits per heavy atom. The van der Waals surface area contributed by atoms with Crippen LogP contribution < -0.4 is 38.2 Å². The Balaban J connectivity index is 0.000000739. The molecule has 0 saturated heterocycles. The summed E-state index contributed by atoms with van der Waals surface area (Å²) in [6.45, 7) is 5.85. The highest BCUT2D eigenvalue weighted by Gasteiger charge is 2.07. The summed E-state index contributed by atoms with van der Waals surface area (Å²) in [5, 5.41) is 6.23. The topological polar surface area (TPSA) is 136 Å². The summed E-state index contributed by atoms with van der Waals surface area (Å²) in [7, 11) is -4.94. The second-order valence-corrected chi connectivity index (χ2v) is 9.31. The van der Waals surface area contributed by atoms with Crippen LogP contribution in [0, 0.1) is 10.2 Å². The molecule has 184 valence electrons. The van der Waals surface area contributed by atoms with Gasteiger partial charge in [-0.15, -0.1) is 10.2 Å². The maximum absolute atomic E-state index is 8.49. The van der Waals surface area contributed by atoms with Gasteiger partial charge in [-0.1, -0.05) is 50.2 Å². The van der Waals surface area contributed by atoms with E-state index in [0.29, 0.717) is 0 Å². The number of halogens is 1. The average molecular weight is 508 g/mol. The van der Waals surface area contributed by atoms with Crippen molar-refractivity contribution in [1.82, 2.24) is 0 Å². The fraction of sp³-hybridized carbons (Fsp3) is 0.320. The molecule has 9 heteroatoms. The second kappa shape index (κ2) is 14.1. The van der Waals surface area contributed by atoms with E-state index in [1.165, 1.54) is 0 Å². The van der Waals surface area contributed by atoms with Gasteiger partial charge in [-0.05, 0) is 72.0 Å². The molecule has 0 atom stereocenters. The largest absolute Gasteiger partial charge is 0.494 e. The third kappa shape index (κ3) is 10.6. The summed E-state index contributed by atoms with van der Waals surface area (Å²) in [5.74, 6) is 1.82. The zero-order chi connectivity index (χ0) is 25.0. The molecule has 2 N–H and O–H groups in total. The van der Waals surface area contributed by atoms with Crippen molar-refractivity contribution in [2.45, 2.75) is 39.5 Å². The van der Waals surface area contributed by atoms with Gasteiger partial charge < -0.3 is 9.47 Å². The first-order valence-electron chi connectivity index (χ1n) is 11.0.